The number of rotatable bonds is 70. The molecule has 2 N–H and O–H groups in total. The minimum absolute atomic E-state index is 0.00703. The Morgan fingerprint density at radius 2 is 0.667 bits per heavy atom. The average Bonchev–Trinajstić information content (AvgIpc) is 3.56. The van der Waals surface area contributed by atoms with E-state index in [1.54, 1.807) is 6.08 Å². The van der Waals surface area contributed by atoms with Gasteiger partial charge in [-0.2, -0.15) is 0 Å². The molecular formula is C75H147N2O6P. The van der Waals surface area contributed by atoms with Gasteiger partial charge in [0.1, 0.15) is 13.2 Å². The highest BCUT2D eigenvalue weighted by molar-refractivity contribution is 7.45. The van der Waals surface area contributed by atoms with E-state index in [1.807, 2.05) is 27.2 Å². The zero-order valence-electron chi connectivity index (χ0n) is 57.1. The van der Waals surface area contributed by atoms with Crippen LogP contribution in [0.15, 0.2) is 36.5 Å². The maximum Gasteiger partial charge on any atom is 0.268 e. The van der Waals surface area contributed by atoms with E-state index in [9.17, 15) is 19.4 Å². The van der Waals surface area contributed by atoms with Gasteiger partial charge in [-0.05, 0) is 44.9 Å². The van der Waals surface area contributed by atoms with Crippen LogP contribution in [0.25, 0.3) is 0 Å². The van der Waals surface area contributed by atoms with E-state index in [2.05, 4.69) is 43.5 Å². The molecule has 0 aliphatic carbocycles. The molecule has 0 aromatic carbocycles. The van der Waals surface area contributed by atoms with Gasteiger partial charge in [0.05, 0.1) is 39.9 Å². The normalized spacial score (nSPS) is 13.8. The van der Waals surface area contributed by atoms with Crippen LogP contribution in [0.3, 0.4) is 0 Å². The molecule has 0 bridgehead atoms. The molecule has 84 heavy (non-hydrogen) atoms. The Hall–Kier alpha value is -1.28. The maximum absolute atomic E-state index is 13.0. The Morgan fingerprint density at radius 1 is 0.405 bits per heavy atom. The predicted molar refractivity (Wildman–Crippen MR) is 367 cm³/mol. The Morgan fingerprint density at radius 3 is 0.964 bits per heavy atom. The fourth-order valence-corrected chi connectivity index (χ4v) is 12.3. The lowest BCUT2D eigenvalue weighted by Crippen LogP contribution is -2.45. The van der Waals surface area contributed by atoms with Crippen LogP contribution in [0.2, 0.25) is 0 Å². The van der Waals surface area contributed by atoms with Crippen LogP contribution in [0.5, 0.6) is 0 Å². The van der Waals surface area contributed by atoms with Gasteiger partial charge < -0.3 is 28.8 Å². The molecule has 498 valence electrons. The van der Waals surface area contributed by atoms with Crippen LogP contribution in [0, 0.1) is 0 Å². The van der Waals surface area contributed by atoms with E-state index in [-0.39, 0.29) is 12.5 Å². The molecule has 0 spiro atoms. The molecule has 3 atom stereocenters. The van der Waals surface area contributed by atoms with E-state index in [0.29, 0.717) is 17.4 Å². The lowest BCUT2D eigenvalue weighted by atomic mass is 10.0. The molecule has 0 radical (unpaired) electrons. The van der Waals surface area contributed by atoms with Crippen molar-refractivity contribution in [1.82, 2.24) is 5.32 Å². The van der Waals surface area contributed by atoms with Crippen molar-refractivity contribution in [2.45, 2.75) is 398 Å². The Kier molecular flexibility index (Phi) is 65.1. The largest absolute Gasteiger partial charge is 0.756 e. The number of hydrogen-bond acceptors (Lipinski definition) is 6. The molecule has 0 aliphatic rings. The highest BCUT2D eigenvalue weighted by atomic mass is 31.2. The third kappa shape index (κ3) is 68.2. The Labute approximate surface area is 525 Å². The van der Waals surface area contributed by atoms with Gasteiger partial charge in [0.25, 0.3) is 7.82 Å². The lowest BCUT2D eigenvalue weighted by Gasteiger charge is -2.29. The van der Waals surface area contributed by atoms with Gasteiger partial charge in [0, 0.05) is 6.42 Å². The molecule has 0 aliphatic heterocycles. The number of carbonyl (C=O) groups excluding carboxylic acids is 1. The summed E-state index contributed by atoms with van der Waals surface area (Å²) in [6.07, 6.45) is 88.8. The monoisotopic (exact) mass is 1200 g/mol. The van der Waals surface area contributed by atoms with Crippen molar-refractivity contribution < 1.29 is 32.9 Å². The van der Waals surface area contributed by atoms with Gasteiger partial charge in [0.2, 0.25) is 5.91 Å². The number of phosphoric ester groups is 1. The fraction of sp³-hybridized carbons (Fsp3) is 0.907. The minimum Gasteiger partial charge on any atom is -0.756 e. The molecule has 8 nitrogen and oxygen atoms in total. The third-order valence-corrected chi connectivity index (χ3v) is 18.3. The van der Waals surface area contributed by atoms with Gasteiger partial charge in [-0.25, -0.2) is 0 Å². The molecule has 0 fully saturated rings. The molecular weight excluding hydrogens is 1060 g/mol. The van der Waals surface area contributed by atoms with Crippen molar-refractivity contribution in [3.05, 3.63) is 36.5 Å². The number of carbonyl (C=O) groups is 1. The van der Waals surface area contributed by atoms with Crippen LogP contribution < -0.4 is 10.2 Å². The number of nitrogens with one attached hydrogen (secondary N) is 1. The number of likely N-dealkylation sites (N-methyl/N-ethyl adjacent to an activating group) is 1. The summed E-state index contributed by atoms with van der Waals surface area (Å²) in [5.74, 6) is -0.203. The highest BCUT2D eigenvalue weighted by Crippen LogP contribution is 2.38. The quantitative estimate of drug-likeness (QED) is 0.0272. The number of aliphatic hydroxyl groups excluding tert-OH is 1. The number of hydrogen-bond donors (Lipinski definition) is 2. The summed E-state index contributed by atoms with van der Waals surface area (Å²) in [5, 5.41) is 13.9. The topological polar surface area (TPSA) is 108 Å². The number of phosphoric acid groups is 1. The molecule has 1 amide bonds. The lowest BCUT2D eigenvalue weighted by molar-refractivity contribution is -0.870. The summed E-state index contributed by atoms with van der Waals surface area (Å²) in [4.78, 5) is 25.6. The van der Waals surface area contributed by atoms with Crippen LogP contribution >= 0.6 is 7.82 Å². The smallest absolute Gasteiger partial charge is 0.268 e. The summed E-state index contributed by atoms with van der Waals surface area (Å²) >= 11 is 0. The number of allylic oxidation sites excluding steroid dienone is 5. The third-order valence-electron chi connectivity index (χ3n) is 17.3. The second kappa shape index (κ2) is 66.1. The van der Waals surface area contributed by atoms with Gasteiger partial charge in [-0.1, -0.05) is 371 Å². The number of nitrogens with zero attached hydrogens (tertiary/aromatic N) is 1. The molecule has 0 saturated heterocycles. The summed E-state index contributed by atoms with van der Waals surface area (Å²) < 4.78 is 23.5. The van der Waals surface area contributed by atoms with Crippen LogP contribution in [0.4, 0.5) is 0 Å². The van der Waals surface area contributed by atoms with Crippen molar-refractivity contribution in [3.8, 4) is 0 Å². The first-order valence-electron chi connectivity index (χ1n) is 37.4. The minimum atomic E-state index is -4.62. The number of amides is 1. The molecule has 0 aromatic heterocycles. The zero-order valence-corrected chi connectivity index (χ0v) is 58.0. The van der Waals surface area contributed by atoms with Crippen molar-refractivity contribution in [1.29, 1.82) is 0 Å². The van der Waals surface area contributed by atoms with Crippen molar-refractivity contribution in [3.63, 3.8) is 0 Å². The van der Waals surface area contributed by atoms with Crippen molar-refractivity contribution in [2.75, 3.05) is 40.9 Å². The number of aliphatic hydroxyl groups is 1. The molecule has 0 heterocycles. The number of unbranched alkanes of at least 4 members (excludes halogenated alkanes) is 53. The Bertz CT molecular complexity index is 1460. The first kappa shape index (κ1) is 82.7. The van der Waals surface area contributed by atoms with Crippen LogP contribution in [-0.2, 0) is 18.4 Å². The van der Waals surface area contributed by atoms with Gasteiger partial charge in [0.15, 0.2) is 0 Å². The Balaban J connectivity index is 4.01. The first-order valence-corrected chi connectivity index (χ1v) is 38.8. The van der Waals surface area contributed by atoms with Gasteiger partial charge in [-0.3, -0.25) is 9.36 Å². The van der Waals surface area contributed by atoms with Crippen molar-refractivity contribution in [2.24, 2.45) is 0 Å². The standard InChI is InChI=1S/C75H147N2O6P/c1-6-8-10-12-14-16-18-20-22-24-26-28-30-32-34-35-36-37-38-39-40-41-42-43-45-47-49-51-53-55-57-59-61-63-65-67-69-75(79)76-73(72-83-84(80,81)82-71-70-77(3,4)5)74(78)68-66-64-62-60-58-56-54-52-50-48-46-44-33-31-29-27-25-23-21-19-17-15-13-11-9-7-2/h50,52,58,60,66,68,73-74,78H,6-49,51,53-57,59,61-65,67,69-72H2,1-5H3,(H-,76,79,80,81)/b52-50+,60-58+,68-66+. The molecule has 0 aromatic rings. The van der Waals surface area contributed by atoms with E-state index in [1.165, 1.54) is 321 Å². The fourth-order valence-electron chi connectivity index (χ4n) is 11.5. The summed E-state index contributed by atoms with van der Waals surface area (Å²) in [5.41, 5.74) is 0. The molecule has 9 heteroatoms. The molecule has 0 saturated carbocycles. The van der Waals surface area contributed by atoms with Crippen molar-refractivity contribution >= 4 is 13.7 Å². The predicted octanol–water partition coefficient (Wildman–Crippen LogP) is 23.4. The second-order valence-electron chi connectivity index (χ2n) is 27.0. The highest BCUT2D eigenvalue weighted by Gasteiger charge is 2.23. The van der Waals surface area contributed by atoms with Crippen LogP contribution in [-0.4, -0.2) is 68.5 Å². The summed E-state index contributed by atoms with van der Waals surface area (Å²) in [6.45, 7) is 4.69. The average molecular weight is 1200 g/mol. The zero-order chi connectivity index (χ0) is 61.2. The molecule has 0 rings (SSSR count). The van der Waals surface area contributed by atoms with E-state index in [4.69, 9.17) is 9.05 Å². The van der Waals surface area contributed by atoms with Crippen LogP contribution in [0.1, 0.15) is 386 Å². The summed E-state index contributed by atoms with van der Waals surface area (Å²) in [7, 11) is 1.25. The molecule has 3 unspecified atom stereocenters. The van der Waals surface area contributed by atoms with E-state index < -0.39 is 26.6 Å². The SMILES string of the molecule is CCCCCCCCCCCCCCCCCC/C=C/CC/C=C/CC/C=C/C(O)C(COP(=O)([O-])OCC[N+](C)(C)C)NC(=O)CCCCCCCCCCCCCCCCCCCCCCCCCCCCCCCCCCCCCC. The second-order valence-corrected chi connectivity index (χ2v) is 28.4. The van der Waals surface area contributed by atoms with E-state index >= 15 is 0 Å². The summed E-state index contributed by atoms with van der Waals surface area (Å²) in [6, 6.07) is -0.910. The van der Waals surface area contributed by atoms with Gasteiger partial charge in [-0.15, -0.1) is 0 Å². The maximum atomic E-state index is 13.0. The number of quaternary nitrogens is 1. The van der Waals surface area contributed by atoms with E-state index in [0.717, 1.165) is 44.9 Å². The van der Waals surface area contributed by atoms with Gasteiger partial charge >= 0.3 is 0 Å². The first-order chi connectivity index (χ1) is 41.0.